The number of likely N-dealkylation sites (tertiary alicyclic amines) is 1. The second kappa shape index (κ2) is 8.63. The Labute approximate surface area is 133 Å². The molecule has 1 saturated heterocycles. The van der Waals surface area contributed by atoms with E-state index >= 15 is 0 Å². The van der Waals surface area contributed by atoms with Gasteiger partial charge >= 0.3 is 0 Å². The van der Waals surface area contributed by atoms with E-state index in [1.54, 1.807) is 0 Å². The zero-order chi connectivity index (χ0) is 15.9. The van der Waals surface area contributed by atoms with Gasteiger partial charge in [0.1, 0.15) is 0 Å². The largest absolute Gasteiger partial charge is 0.389 e. The Hall–Kier alpha value is -0.940. The van der Waals surface area contributed by atoms with E-state index in [2.05, 4.69) is 4.90 Å². The molecular weight excluding hydrogens is 278 g/mol. The Morgan fingerprint density at radius 1 is 1.23 bits per heavy atom. The van der Waals surface area contributed by atoms with Crippen molar-refractivity contribution >= 4 is 0 Å². The van der Waals surface area contributed by atoms with Crippen LogP contribution in [0.3, 0.4) is 0 Å². The smallest absolute Gasteiger partial charge is 0.0900 e. The lowest BCUT2D eigenvalue weighted by molar-refractivity contribution is -0.0125. The highest BCUT2D eigenvalue weighted by atomic mass is 16.5. The highest BCUT2D eigenvalue weighted by Gasteiger charge is 2.28. The van der Waals surface area contributed by atoms with Gasteiger partial charge in [-0.1, -0.05) is 30.3 Å². The first kappa shape index (κ1) is 17.4. The molecule has 1 heterocycles. The average Bonchev–Trinajstić information content (AvgIpc) is 2.93. The molecule has 4 heteroatoms. The molecule has 0 bridgehead atoms. The van der Waals surface area contributed by atoms with Gasteiger partial charge in [-0.3, -0.25) is 4.90 Å². The van der Waals surface area contributed by atoms with E-state index in [0.717, 1.165) is 31.4 Å². The lowest BCUT2D eigenvalue weighted by atomic mass is 10.0. The highest BCUT2D eigenvalue weighted by molar-refractivity contribution is 5.17. The van der Waals surface area contributed by atoms with Gasteiger partial charge in [0.2, 0.25) is 0 Å². The molecule has 124 valence electrons. The van der Waals surface area contributed by atoms with Gasteiger partial charge in [-0.05, 0) is 45.2 Å². The summed E-state index contributed by atoms with van der Waals surface area (Å²) < 4.78 is 5.47. The van der Waals surface area contributed by atoms with Gasteiger partial charge in [-0.15, -0.1) is 0 Å². The number of benzene rings is 1. The fourth-order valence-corrected chi connectivity index (χ4v) is 3.10. The Morgan fingerprint density at radius 3 is 2.64 bits per heavy atom. The maximum atomic E-state index is 10.4. The lowest BCUT2D eigenvalue weighted by Gasteiger charge is -2.28. The minimum absolute atomic E-state index is 0.143. The zero-order valence-electron chi connectivity index (χ0n) is 13.7. The third-order valence-corrected chi connectivity index (χ3v) is 4.25. The topological polar surface area (TPSA) is 52.9 Å². The fraction of sp³-hybridized carbons (Fsp3) is 0.667. The van der Waals surface area contributed by atoms with Crippen LogP contribution in [-0.2, 0) is 4.74 Å². The first-order valence-electron chi connectivity index (χ1n) is 8.33. The van der Waals surface area contributed by atoms with Crippen molar-refractivity contribution in [1.82, 2.24) is 4.90 Å². The van der Waals surface area contributed by atoms with Gasteiger partial charge in [0.25, 0.3) is 0 Å². The van der Waals surface area contributed by atoms with Crippen LogP contribution in [0.25, 0.3) is 0 Å². The molecule has 1 fully saturated rings. The van der Waals surface area contributed by atoms with E-state index in [1.165, 1.54) is 0 Å². The number of β-amino-alcohol motifs (C(OH)–C–C–N with tert-alkyl or cyclic N) is 1. The van der Waals surface area contributed by atoms with E-state index < -0.39 is 12.2 Å². The van der Waals surface area contributed by atoms with Gasteiger partial charge in [0.05, 0.1) is 24.9 Å². The summed E-state index contributed by atoms with van der Waals surface area (Å²) in [6, 6.07) is 10.1. The lowest BCUT2D eigenvalue weighted by Crippen LogP contribution is -2.39. The Balaban J connectivity index is 1.82. The summed E-state index contributed by atoms with van der Waals surface area (Å²) in [6.45, 7) is 5.94. The first-order valence-corrected chi connectivity index (χ1v) is 8.33. The van der Waals surface area contributed by atoms with E-state index in [0.29, 0.717) is 19.2 Å². The summed E-state index contributed by atoms with van der Waals surface area (Å²) in [5.74, 6) is 0. The molecule has 0 amide bonds. The van der Waals surface area contributed by atoms with Crippen LogP contribution < -0.4 is 0 Å². The van der Waals surface area contributed by atoms with Crippen LogP contribution in [0, 0.1) is 0 Å². The standard InChI is InChI=1S/C18H29NO3/c1-14(2)22-13-17(20)12-19-10-6-9-16(19)11-18(21)15-7-4-3-5-8-15/h3-5,7-8,14,16-18,20-21H,6,9-13H2,1-2H3. The Kier molecular flexibility index (Phi) is 6.83. The second-order valence-electron chi connectivity index (χ2n) is 6.49. The van der Waals surface area contributed by atoms with E-state index in [9.17, 15) is 10.2 Å². The minimum Gasteiger partial charge on any atom is -0.389 e. The summed E-state index contributed by atoms with van der Waals surface area (Å²) in [5.41, 5.74) is 0.970. The molecule has 1 aromatic rings. The van der Waals surface area contributed by atoms with Gasteiger partial charge < -0.3 is 14.9 Å². The Morgan fingerprint density at radius 2 is 1.95 bits per heavy atom. The van der Waals surface area contributed by atoms with Crippen molar-refractivity contribution in [2.24, 2.45) is 0 Å². The van der Waals surface area contributed by atoms with Crippen molar-refractivity contribution < 1.29 is 14.9 Å². The molecule has 2 rings (SSSR count). The second-order valence-corrected chi connectivity index (χ2v) is 6.49. The van der Waals surface area contributed by atoms with Gasteiger partial charge in [-0.25, -0.2) is 0 Å². The highest BCUT2D eigenvalue weighted by Crippen LogP contribution is 2.27. The molecule has 0 aliphatic carbocycles. The van der Waals surface area contributed by atoms with Crippen molar-refractivity contribution in [3.05, 3.63) is 35.9 Å². The van der Waals surface area contributed by atoms with Crippen LogP contribution in [0.15, 0.2) is 30.3 Å². The van der Waals surface area contributed by atoms with Crippen molar-refractivity contribution in [2.75, 3.05) is 19.7 Å². The van der Waals surface area contributed by atoms with E-state index in [-0.39, 0.29) is 6.10 Å². The SMILES string of the molecule is CC(C)OCC(O)CN1CCCC1CC(O)c1ccccc1. The summed E-state index contributed by atoms with van der Waals surface area (Å²) >= 11 is 0. The van der Waals surface area contributed by atoms with Crippen molar-refractivity contribution in [2.45, 2.75) is 57.5 Å². The number of ether oxygens (including phenoxy) is 1. The number of hydrogen-bond acceptors (Lipinski definition) is 4. The molecule has 1 aliphatic heterocycles. The van der Waals surface area contributed by atoms with Crippen LogP contribution in [0.5, 0.6) is 0 Å². The third kappa shape index (κ3) is 5.36. The van der Waals surface area contributed by atoms with Gasteiger partial charge in [0, 0.05) is 12.6 Å². The van der Waals surface area contributed by atoms with Crippen LogP contribution in [0.4, 0.5) is 0 Å². The summed E-state index contributed by atoms with van der Waals surface area (Å²) in [4.78, 5) is 2.29. The molecule has 3 atom stereocenters. The molecule has 4 nitrogen and oxygen atoms in total. The Bertz CT molecular complexity index is 424. The number of rotatable bonds is 8. The maximum absolute atomic E-state index is 10.4. The molecule has 1 aromatic carbocycles. The first-order chi connectivity index (χ1) is 10.6. The number of aliphatic hydroxyl groups is 2. The molecule has 3 unspecified atom stereocenters. The number of nitrogens with zero attached hydrogens (tertiary/aromatic N) is 1. The van der Waals surface area contributed by atoms with Gasteiger partial charge in [-0.2, -0.15) is 0 Å². The molecule has 0 radical (unpaired) electrons. The van der Waals surface area contributed by atoms with Crippen LogP contribution in [-0.4, -0.2) is 53.1 Å². The predicted molar refractivity (Wildman–Crippen MR) is 87.7 cm³/mol. The van der Waals surface area contributed by atoms with E-state index in [4.69, 9.17) is 4.74 Å². The molecular formula is C18H29NO3. The van der Waals surface area contributed by atoms with Crippen molar-refractivity contribution in [3.63, 3.8) is 0 Å². The summed E-state index contributed by atoms with van der Waals surface area (Å²) in [5, 5.41) is 20.5. The molecule has 0 aromatic heterocycles. The predicted octanol–water partition coefficient (Wildman–Crippen LogP) is 2.36. The third-order valence-electron chi connectivity index (χ3n) is 4.25. The van der Waals surface area contributed by atoms with Crippen LogP contribution >= 0.6 is 0 Å². The molecule has 0 saturated carbocycles. The van der Waals surface area contributed by atoms with Gasteiger partial charge in [0.15, 0.2) is 0 Å². The van der Waals surface area contributed by atoms with E-state index in [1.807, 2.05) is 44.2 Å². The molecule has 1 aliphatic rings. The quantitative estimate of drug-likeness (QED) is 0.774. The average molecular weight is 307 g/mol. The zero-order valence-corrected chi connectivity index (χ0v) is 13.7. The van der Waals surface area contributed by atoms with Crippen LogP contribution in [0.1, 0.15) is 44.8 Å². The number of hydrogen-bond donors (Lipinski definition) is 2. The molecule has 2 N–H and O–H groups in total. The fourth-order valence-electron chi connectivity index (χ4n) is 3.10. The number of aliphatic hydroxyl groups excluding tert-OH is 2. The molecule has 22 heavy (non-hydrogen) atoms. The van der Waals surface area contributed by atoms with Crippen molar-refractivity contribution in [1.29, 1.82) is 0 Å². The summed E-state index contributed by atoms with van der Waals surface area (Å²) in [7, 11) is 0. The minimum atomic E-state index is -0.461. The van der Waals surface area contributed by atoms with Crippen molar-refractivity contribution in [3.8, 4) is 0 Å². The maximum Gasteiger partial charge on any atom is 0.0900 e. The monoisotopic (exact) mass is 307 g/mol. The summed E-state index contributed by atoms with van der Waals surface area (Å²) in [6.07, 6.45) is 2.18. The normalized spacial score (nSPS) is 22.1. The van der Waals surface area contributed by atoms with Crippen LogP contribution in [0.2, 0.25) is 0 Å². The molecule has 0 spiro atoms.